The molecule has 0 aromatic carbocycles. The molecule has 0 aromatic heterocycles. The second-order valence-corrected chi connectivity index (χ2v) is 7.81. The van der Waals surface area contributed by atoms with E-state index < -0.39 is 23.3 Å². The van der Waals surface area contributed by atoms with Crippen LogP contribution in [-0.2, 0) is 14.3 Å². The topological polar surface area (TPSA) is 108 Å². The molecule has 9 nitrogen and oxygen atoms in total. The molecule has 1 aliphatic heterocycles. The van der Waals surface area contributed by atoms with Crippen LogP contribution in [0.25, 0.3) is 0 Å². The Morgan fingerprint density at radius 1 is 1.23 bits per heavy atom. The SMILES string of the molecule is CNC(=O)[C@H](CCCN1C(=O)N(C)C(C)(C)C1=O)NC(=O)OC(C)(C)C. The quantitative estimate of drug-likeness (QED) is 0.680. The molecular weight excluding hydrogens is 340 g/mol. The zero-order valence-electron chi connectivity index (χ0n) is 16.6. The van der Waals surface area contributed by atoms with Crippen molar-refractivity contribution >= 4 is 23.9 Å². The molecule has 0 bridgehead atoms. The van der Waals surface area contributed by atoms with Crippen molar-refractivity contribution in [2.75, 3.05) is 20.6 Å². The van der Waals surface area contributed by atoms with E-state index in [0.29, 0.717) is 6.42 Å². The van der Waals surface area contributed by atoms with E-state index in [9.17, 15) is 19.2 Å². The minimum absolute atomic E-state index is 0.176. The highest BCUT2D eigenvalue weighted by molar-refractivity contribution is 6.06. The fourth-order valence-corrected chi connectivity index (χ4v) is 2.52. The van der Waals surface area contributed by atoms with Crippen LogP contribution in [0.1, 0.15) is 47.5 Å². The van der Waals surface area contributed by atoms with Crippen LogP contribution in [0, 0.1) is 0 Å². The molecule has 0 spiro atoms. The standard InChI is InChI=1S/C17H30N4O5/c1-16(2,3)26-14(24)19-11(12(22)18-6)9-8-10-21-13(23)17(4,5)20(7)15(21)25/h11H,8-10H2,1-7H3,(H,18,22)(H,19,24)/t11-/m0/s1. The third-order valence-corrected chi connectivity index (χ3v) is 4.25. The van der Waals surface area contributed by atoms with E-state index in [1.807, 2.05) is 0 Å². The van der Waals surface area contributed by atoms with E-state index in [1.165, 1.54) is 16.8 Å². The second-order valence-electron chi connectivity index (χ2n) is 7.81. The van der Waals surface area contributed by atoms with Gasteiger partial charge in [0, 0.05) is 20.6 Å². The lowest BCUT2D eigenvalue weighted by Crippen LogP contribution is -2.47. The van der Waals surface area contributed by atoms with Crippen molar-refractivity contribution < 1.29 is 23.9 Å². The summed E-state index contributed by atoms with van der Waals surface area (Å²) in [6.07, 6.45) is -0.0598. The molecule has 1 fully saturated rings. The highest BCUT2D eigenvalue weighted by Gasteiger charge is 2.48. The molecular formula is C17H30N4O5. The Bertz CT molecular complexity index is 582. The highest BCUT2D eigenvalue weighted by Crippen LogP contribution is 2.26. The first-order chi connectivity index (χ1) is 11.8. The minimum atomic E-state index is -0.883. The van der Waals surface area contributed by atoms with Crippen LogP contribution in [0.4, 0.5) is 9.59 Å². The fourth-order valence-electron chi connectivity index (χ4n) is 2.52. The number of carbonyl (C=O) groups is 4. The lowest BCUT2D eigenvalue weighted by molar-refractivity contribution is -0.131. The Balaban J connectivity index is 2.65. The van der Waals surface area contributed by atoms with E-state index in [0.717, 1.165) is 0 Å². The number of rotatable bonds is 6. The van der Waals surface area contributed by atoms with Crippen molar-refractivity contribution in [3.63, 3.8) is 0 Å². The van der Waals surface area contributed by atoms with Crippen molar-refractivity contribution in [1.29, 1.82) is 0 Å². The maximum atomic E-state index is 12.3. The average Bonchev–Trinajstić information content (AvgIpc) is 2.65. The van der Waals surface area contributed by atoms with Gasteiger partial charge in [0.25, 0.3) is 5.91 Å². The first kappa shape index (κ1) is 21.7. The number of carbonyl (C=O) groups excluding carboxylic acids is 4. The van der Waals surface area contributed by atoms with Crippen LogP contribution < -0.4 is 10.6 Å². The van der Waals surface area contributed by atoms with E-state index in [1.54, 1.807) is 41.7 Å². The largest absolute Gasteiger partial charge is 0.444 e. The second kappa shape index (κ2) is 7.92. The molecule has 5 amide bonds. The molecule has 9 heteroatoms. The summed E-state index contributed by atoms with van der Waals surface area (Å²) < 4.78 is 5.16. The molecule has 1 aliphatic rings. The van der Waals surface area contributed by atoms with Gasteiger partial charge in [-0.3, -0.25) is 14.5 Å². The molecule has 0 unspecified atom stereocenters. The zero-order valence-corrected chi connectivity index (χ0v) is 16.6. The van der Waals surface area contributed by atoms with Gasteiger partial charge in [-0.2, -0.15) is 0 Å². The number of nitrogens with zero attached hydrogens (tertiary/aromatic N) is 2. The first-order valence-corrected chi connectivity index (χ1v) is 8.62. The van der Waals surface area contributed by atoms with Crippen molar-refractivity contribution in [2.24, 2.45) is 0 Å². The van der Waals surface area contributed by atoms with Gasteiger partial charge in [0.2, 0.25) is 5.91 Å². The van der Waals surface area contributed by atoms with Crippen molar-refractivity contribution in [2.45, 2.75) is 64.6 Å². The van der Waals surface area contributed by atoms with Crippen LogP contribution in [0.3, 0.4) is 0 Å². The molecule has 1 saturated heterocycles. The van der Waals surface area contributed by atoms with Crippen LogP contribution in [0.15, 0.2) is 0 Å². The lowest BCUT2D eigenvalue weighted by Gasteiger charge is -2.23. The molecule has 2 N–H and O–H groups in total. The van der Waals surface area contributed by atoms with Crippen LogP contribution in [0.2, 0.25) is 0 Å². The summed E-state index contributed by atoms with van der Waals surface area (Å²) in [5.41, 5.74) is -1.56. The predicted octanol–water partition coefficient (Wildman–Crippen LogP) is 1.08. The summed E-state index contributed by atoms with van der Waals surface area (Å²) in [5.74, 6) is -0.644. The molecule has 1 rings (SSSR count). The van der Waals surface area contributed by atoms with Gasteiger partial charge in [0.05, 0.1) is 0 Å². The number of likely N-dealkylation sites (N-methyl/N-ethyl adjacent to an activating group) is 2. The Morgan fingerprint density at radius 2 is 1.81 bits per heavy atom. The van der Waals surface area contributed by atoms with Gasteiger partial charge in [0.1, 0.15) is 17.2 Å². The molecule has 0 saturated carbocycles. The van der Waals surface area contributed by atoms with Gasteiger partial charge in [-0.15, -0.1) is 0 Å². The molecule has 1 heterocycles. The third kappa shape index (κ3) is 5.09. The van der Waals surface area contributed by atoms with Crippen molar-refractivity contribution in [1.82, 2.24) is 20.4 Å². The summed E-state index contributed by atoms with van der Waals surface area (Å²) in [7, 11) is 3.05. The third-order valence-electron chi connectivity index (χ3n) is 4.25. The first-order valence-electron chi connectivity index (χ1n) is 8.62. The zero-order chi connectivity index (χ0) is 20.3. The van der Waals surface area contributed by atoms with E-state index >= 15 is 0 Å². The van der Waals surface area contributed by atoms with E-state index in [2.05, 4.69) is 10.6 Å². The Kier molecular flexibility index (Phi) is 6.62. The molecule has 0 aromatic rings. The van der Waals surface area contributed by atoms with Gasteiger partial charge in [-0.25, -0.2) is 9.59 Å². The maximum absolute atomic E-state index is 12.3. The molecule has 0 aliphatic carbocycles. The van der Waals surface area contributed by atoms with E-state index in [-0.39, 0.29) is 30.8 Å². The van der Waals surface area contributed by atoms with Gasteiger partial charge >= 0.3 is 12.1 Å². The summed E-state index contributed by atoms with van der Waals surface area (Å²) in [4.78, 5) is 51.0. The number of hydrogen-bond acceptors (Lipinski definition) is 5. The number of imide groups is 1. The van der Waals surface area contributed by atoms with Crippen LogP contribution in [0.5, 0.6) is 0 Å². The maximum Gasteiger partial charge on any atom is 0.408 e. The molecule has 1 atom stereocenters. The van der Waals surface area contributed by atoms with Gasteiger partial charge < -0.3 is 20.3 Å². The number of urea groups is 1. The summed E-state index contributed by atoms with van der Waals surface area (Å²) in [6, 6.07) is -1.18. The number of hydrogen-bond donors (Lipinski definition) is 2. The molecule has 26 heavy (non-hydrogen) atoms. The summed E-state index contributed by atoms with van der Waals surface area (Å²) in [5, 5.41) is 5.01. The number of alkyl carbamates (subject to hydrolysis) is 1. The predicted molar refractivity (Wildman–Crippen MR) is 95.4 cm³/mol. The average molecular weight is 370 g/mol. The van der Waals surface area contributed by atoms with Gasteiger partial charge in [-0.05, 0) is 47.5 Å². The summed E-state index contributed by atoms with van der Waals surface area (Å²) in [6.45, 7) is 8.73. The Labute approximate surface area is 154 Å². The number of nitrogens with one attached hydrogen (secondary N) is 2. The van der Waals surface area contributed by atoms with E-state index in [4.69, 9.17) is 4.74 Å². The van der Waals surface area contributed by atoms with Crippen molar-refractivity contribution in [3.05, 3.63) is 0 Å². The smallest absolute Gasteiger partial charge is 0.408 e. The summed E-state index contributed by atoms with van der Waals surface area (Å²) >= 11 is 0. The van der Waals surface area contributed by atoms with Crippen LogP contribution in [-0.4, -0.2) is 71.6 Å². The monoisotopic (exact) mass is 370 g/mol. The van der Waals surface area contributed by atoms with Gasteiger partial charge in [0.15, 0.2) is 0 Å². The normalized spacial score (nSPS) is 18.0. The number of ether oxygens (including phenoxy) is 1. The van der Waals surface area contributed by atoms with Crippen molar-refractivity contribution in [3.8, 4) is 0 Å². The van der Waals surface area contributed by atoms with Crippen LogP contribution >= 0.6 is 0 Å². The lowest BCUT2D eigenvalue weighted by atomic mass is 10.0. The number of amides is 5. The van der Waals surface area contributed by atoms with Gasteiger partial charge in [-0.1, -0.05) is 0 Å². The molecule has 0 radical (unpaired) electrons. The Hall–Kier alpha value is -2.32. The highest BCUT2D eigenvalue weighted by atomic mass is 16.6. The Morgan fingerprint density at radius 3 is 2.23 bits per heavy atom. The minimum Gasteiger partial charge on any atom is -0.444 e. The molecule has 148 valence electrons. The fraction of sp³-hybridized carbons (Fsp3) is 0.765.